The van der Waals surface area contributed by atoms with Crippen molar-refractivity contribution >= 4 is 23.4 Å². The minimum absolute atomic E-state index is 0.146. The molecule has 1 fully saturated rings. The Morgan fingerprint density at radius 2 is 2.11 bits per heavy atom. The number of allylic oxidation sites excluding steroid dienone is 5. The minimum Gasteiger partial charge on any atom is -0.399 e. The lowest BCUT2D eigenvalue weighted by atomic mass is 10.1. The quantitative estimate of drug-likeness (QED) is 0.185. The molecule has 7 heteroatoms. The number of carbonyl (C=O) groups excluding carboxylic acids is 2. The number of aliphatic imine (C=N–C) groups is 1. The number of amidine groups is 1. The number of oxime groups is 1. The summed E-state index contributed by atoms with van der Waals surface area (Å²) in [5, 5.41) is 3.90. The Hall–Kier alpha value is -2.96. The second-order valence-corrected chi connectivity index (χ2v) is 6.18. The molecule has 1 aliphatic rings. The van der Waals surface area contributed by atoms with Gasteiger partial charge in [-0.05, 0) is 27.2 Å². The third kappa shape index (κ3) is 6.69. The number of rotatable bonds is 7. The number of hydrogen-bond acceptors (Lipinski definition) is 4. The molecule has 1 atom stereocenters. The van der Waals surface area contributed by atoms with E-state index in [0.29, 0.717) is 11.3 Å². The van der Waals surface area contributed by atoms with Gasteiger partial charge in [0.05, 0.1) is 18.1 Å². The van der Waals surface area contributed by atoms with Gasteiger partial charge in [-0.1, -0.05) is 47.7 Å². The van der Waals surface area contributed by atoms with Crippen molar-refractivity contribution in [1.82, 2.24) is 4.90 Å². The van der Waals surface area contributed by atoms with Crippen molar-refractivity contribution in [2.24, 2.45) is 15.9 Å². The number of nitrogens with two attached hydrogens (primary N) is 1. The van der Waals surface area contributed by atoms with Crippen LogP contribution in [-0.4, -0.2) is 48.0 Å². The minimum atomic E-state index is -0.760. The van der Waals surface area contributed by atoms with Crippen LogP contribution < -0.4 is 5.73 Å². The van der Waals surface area contributed by atoms with Crippen LogP contribution in [0.25, 0.3) is 0 Å². The van der Waals surface area contributed by atoms with Crippen LogP contribution in [0.1, 0.15) is 33.6 Å². The van der Waals surface area contributed by atoms with Crippen molar-refractivity contribution in [1.29, 1.82) is 0 Å². The van der Waals surface area contributed by atoms with Gasteiger partial charge in [0.2, 0.25) is 0 Å². The van der Waals surface area contributed by atoms with Crippen LogP contribution in [0.3, 0.4) is 0 Å². The van der Waals surface area contributed by atoms with E-state index < -0.39 is 11.9 Å². The van der Waals surface area contributed by atoms with Gasteiger partial charge in [-0.25, -0.2) is 0 Å². The zero-order chi connectivity index (χ0) is 20.4. The van der Waals surface area contributed by atoms with Crippen LogP contribution >= 0.6 is 0 Å². The molecule has 0 aromatic carbocycles. The zero-order valence-corrected chi connectivity index (χ0v) is 16.4. The van der Waals surface area contributed by atoms with E-state index in [1.807, 2.05) is 26.0 Å². The largest absolute Gasteiger partial charge is 0.399 e. The number of nitrogens with zero attached hydrogens (tertiary/aromatic N) is 3. The average Bonchev–Trinajstić information content (AvgIpc) is 3.04. The second-order valence-electron chi connectivity index (χ2n) is 6.18. The molecule has 0 bridgehead atoms. The molecule has 1 aliphatic heterocycles. The van der Waals surface area contributed by atoms with Gasteiger partial charge in [-0.2, -0.15) is 4.99 Å². The van der Waals surface area contributed by atoms with E-state index in [2.05, 4.69) is 16.7 Å². The van der Waals surface area contributed by atoms with Crippen LogP contribution in [0.4, 0.5) is 0 Å². The van der Waals surface area contributed by atoms with E-state index in [0.717, 1.165) is 6.42 Å². The summed E-state index contributed by atoms with van der Waals surface area (Å²) in [6.45, 7) is 9.36. The van der Waals surface area contributed by atoms with Crippen molar-refractivity contribution in [2.75, 3.05) is 13.7 Å². The van der Waals surface area contributed by atoms with E-state index in [1.165, 1.54) is 24.5 Å². The Balaban J connectivity index is 3.14. The maximum Gasteiger partial charge on any atom is 0.270 e. The van der Waals surface area contributed by atoms with Gasteiger partial charge in [0.25, 0.3) is 11.8 Å². The number of amides is 2. The lowest BCUT2D eigenvalue weighted by molar-refractivity contribution is -0.133. The highest BCUT2D eigenvalue weighted by Crippen LogP contribution is 2.21. The maximum absolute atomic E-state index is 13.0. The van der Waals surface area contributed by atoms with Gasteiger partial charge >= 0.3 is 0 Å². The fourth-order valence-electron chi connectivity index (χ4n) is 2.56. The standard InChI is InChI=1S/C20H28N4O3/c1-6-9-16(11-8-10-14(3)7-2)20(26)24-13-17(23-27-5)12-18(24)19(25)22-15(4)21/h6-9,11,18H,1,10,12-13H2,2-5H3,(H2,21,22,25)/b11-8-,14-7+,16-9+,23-17?. The summed E-state index contributed by atoms with van der Waals surface area (Å²) >= 11 is 0. The Bertz CT molecular complexity index is 726. The van der Waals surface area contributed by atoms with Crippen LogP contribution in [0.15, 0.2) is 58.3 Å². The molecule has 0 saturated carbocycles. The summed E-state index contributed by atoms with van der Waals surface area (Å²) < 4.78 is 0. The van der Waals surface area contributed by atoms with Crippen molar-refractivity contribution in [2.45, 2.75) is 39.7 Å². The average molecular weight is 372 g/mol. The van der Waals surface area contributed by atoms with Gasteiger partial charge in [0, 0.05) is 12.0 Å². The topological polar surface area (TPSA) is 97.4 Å². The molecule has 1 saturated heterocycles. The monoisotopic (exact) mass is 372 g/mol. The van der Waals surface area contributed by atoms with Gasteiger partial charge in [-0.15, -0.1) is 0 Å². The lowest BCUT2D eigenvalue weighted by Crippen LogP contribution is -2.41. The first-order valence-electron chi connectivity index (χ1n) is 8.69. The third-order valence-electron chi connectivity index (χ3n) is 3.99. The predicted octanol–water partition coefficient (Wildman–Crippen LogP) is 2.52. The molecule has 0 aliphatic carbocycles. The summed E-state index contributed by atoms with van der Waals surface area (Å²) in [5.41, 5.74) is 7.74. The first kappa shape index (κ1) is 22.1. The highest BCUT2D eigenvalue weighted by molar-refractivity contribution is 6.07. The molecule has 1 unspecified atom stereocenters. The number of likely N-dealkylation sites (tertiary alicyclic amines) is 1. The van der Waals surface area contributed by atoms with Crippen molar-refractivity contribution in [3.05, 3.63) is 48.1 Å². The fraction of sp³-hybridized carbons (Fsp3) is 0.400. The molecule has 0 aromatic rings. The molecule has 2 N–H and O–H groups in total. The maximum atomic E-state index is 13.0. The van der Waals surface area contributed by atoms with Gasteiger partial charge in [-0.3, -0.25) is 9.59 Å². The zero-order valence-electron chi connectivity index (χ0n) is 16.4. The molecule has 146 valence electrons. The van der Waals surface area contributed by atoms with Gasteiger partial charge < -0.3 is 15.5 Å². The normalized spacial score (nSPS) is 20.4. The first-order valence-corrected chi connectivity index (χ1v) is 8.69. The van der Waals surface area contributed by atoms with Crippen molar-refractivity contribution in [3.8, 4) is 0 Å². The lowest BCUT2D eigenvalue weighted by Gasteiger charge is -2.22. The van der Waals surface area contributed by atoms with E-state index >= 15 is 0 Å². The molecule has 7 nitrogen and oxygen atoms in total. The summed E-state index contributed by atoms with van der Waals surface area (Å²) in [5.74, 6) is -0.627. The molecular formula is C20H28N4O3. The van der Waals surface area contributed by atoms with Gasteiger partial charge in [0.15, 0.2) is 0 Å². The summed E-state index contributed by atoms with van der Waals surface area (Å²) in [6, 6.07) is -0.760. The summed E-state index contributed by atoms with van der Waals surface area (Å²) in [6.07, 6.45) is 9.81. The molecule has 2 amide bonds. The van der Waals surface area contributed by atoms with Gasteiger partial charge in [0.1, 0.15) is 13.2 Å². The van der Waals surface area contributed by atoms with Crippen LogP contribution in [0, 0.1) is 0 Å². The third-order valence-corrected chi connectivity index (χ3v) is 3.99. The van der Waals surface area contributed by atoms with Crippen LogP contribution in [0.2, 0.25) is 0 Å². The molecule has 0 aromatic heterocycles. The molecule has 0 radical (unpaired) electrons. The highest BCUT2D eigenvalue weighted by atomic mass is 16.6. The molecular weight excluding hydrogens is 344 g/mol. The van der Waals surface area contributed by atoms with E-state index in [-0.39, 0.29) is 24.7 Å². The molecule has 0 spiro atoms. The van der Waals surface area contributed by atoms with Crippen LogP contribution in [-0.2, 0) is 14.4 Å². The molecule has 1 heterocycles. The Morgan fingerprint density at radius 3 is 2.67 bits per heavy atom. The van der Waals surface area contributed by atoms with E-state index in [4.69, 9.17) is 10.6 Å². The fourth-order valence-corrected chi connectivity index (χ4v) is 2.56. The van der Waals surface area contributed by atoms with E-state index in [1.54, 1.807) is 18.2 Å². The number of carbonyl (C=O) groups is 2. The summed E-state index contributed by atoms with van der Waals surface area (Å²) in [4.78, 5) is 35.5. The summed E-state index contributed by atoms with van der Waals surface area (Å²) in [7, 11) is 1.42. The Morgan fingerprint density at radius 1 is 1.41 bits per heavy atom. The predicted molar refractivity (Wildman–Crippen MR) is 108 cm³/mol. The first-order chi connectivity index (χ1) is 12.8. The highest BCUT2D eigenvalue weighted by Gasteiger charge is 2.38. The Labute approximate surface area is 160 Å². The molecule has 27 heavy (non-hydrogen) atoms. The molecule has 1 rings (SSSR count). The Kier molecular flexibility index (Phi) is 8.92. The van der Waals surface area contributed by atoms with E-state index in [9.17, 15) is 9.59 Å². The van der Waals surface area contributed by atoms with Crippen LogP contribution in [0.5, 0.6) is 0 Å². The smallest absolute Gasteiger partial charge is 0.270 e. The van der Waals surface area contributed by atoms with Crippen molar-refractivity contribution < 1.29 is 14.4 Å². The second kappa shape index (κ2) is 10.9. The SMILES string of the molecule is C=C/C=C(\C=C/C/C(C)=C/C)C(=O)N1CC(=NOC)CC1C(=O)N=C(C)N. The number of hydrogen-bond donors (Lipinski definition) is 1. The van der Waals surface area contributed by atoms with Crippen molar-refractivity contribution in [3.63, 3.8) is 0 Å².